The summed E-state index contributed by atoms with van der Waals surface area (Å²) in [5.41, 5.74) is 2.29. The van der Waals surface area contributed by atoms with E-state index in [1.165, 1.54) is 31.7 Å². The molecule has 3 aromatic rings. The highest BCUT2D eigenvalue weighted by Gasteiger charge is 2.23. The van der Waals surface area contributed by atoms with Crippen LogP contribution in [-0.2, 0) is 13.0 Å². The Kier molecular flexibility index (Phi) is 7.17. The third-order valence-electron chi connectivity index (χ3n) is 5.99. The molecule has 31 heavy (non-hydrogen) atoms. The number of methoxy groups -OCH3 is 2. The van der Waals surface area contributed by atoms with Crippen LogP contribution in [0.4, 0.5) is 0 Å². The zero-order valence-electron chi connectivity index (χ0n) is 18.4. The van der Waals surface area contributed by atoms with E-state index < -0.39 is 0 Å². The zero-order valence-corrected chi connectivity index (χ0v) is 18.4. The highest BCUT2D eigenvalue weighted by molar-refractivity contribution is 5.53. The second-order valence-corrected chi connectivity index (χ2v) is 8.10. The Hall–Kier alpha value is -2.90. The molecule has 7 heteroatoms. The molecule has 2 heterocycles. The Labute approximate surface area is 183 Å². The summed E-state index contributed by atoms with van der Waals surface area (Å²) in [6.07, 6.45) is 1.91. The molecule has 0 atom stereocenters. The molecule has 1 aliphatic rings. The lowest BCUT2D eigenvalue weighted by Crippen LogP contribution is -3.27. The second-order valence-electron chi connectivity index (χ2n) is 8.10. The summed E-state index contributed by atoms with van der Waals surface area (Å²) in [7, 11) is 3.36. The van der Waals surface area contributed by atoms with Crippen LogP contribution in [0.3, 0.4) is 0 Å². The number of hydrogen-bond donors (Lipinski definition) is 2. The smallest absolute Gasteiger partial charge is 0.227 e. The van der Waals surface area contributed by atoms with Gasteiger partial charge in [-0.1, -0.05) is 35.5 Å². The Morgan fingerprint density at radius 2 is 1.65 bits per heavy atom. The number of quaternary nitrogens is 2. The maximum atomic E-state index is 5.43. The van der Waals surface area contributed by atoms with Gasteiger partial charge in [0, 0.05) is 24.0 Å². The fourth-order valence-electron chi connectivity index (χ4n) is 4.21. The normalized spacial score (nSPS) is 18.6. The van der Waals surface area contributed by atoms with Crippen molar-refractivity contribution in [3.8, 4) is 22.9 Å². The molecule has 0 bridgehead atoms. The van der Waals surface area contributed by atoms with E-state index in [1.807, 2.05) is 36.4 Å². The largest absolute Gasteiger partial charge is 0.493 e. The second kappa shape index (κ2) is 10.4. The van der Waals surface area contributed by atoms with Crippen LogP contribution in [0.1, 0.15) is 17.9 Å². The summed E-state index contributed by atoms with van der Waals surface area (Å²) in [6.45, 7) is 6.93. The van der Waals surface area contributed by atoms with Gasteiger partial charge >= 0.3 is 0 Å². The van der Waals surface area contributed by atoms with Crippen molar-refractivity contribution >= 4 is 0 Å². The molecule has 1 fully saturated rings. The van der Waals surface area contributed by atoms with Crippen LogP contribution in [-0.4, -0.2) is 57.1 Å². The Morgan fingerprint density at radius 3 is 2.39 bits per heavy atom. The summed E-state index contributed by atoms with van der Waals surface area (Å²) in [6, 6.07) is 16.2. The van der Waals surface area contributed by atoms with Crippen LogP contribution in [0, 0.1) is 0 Å². The first-order valence-electron chi connectivity index (χ1n) is 11.0. The van der Waals surface area contributed by atoms with Crippen molar-refractivity contribution in [2.45, 2.75) is 19.4 Å². The average molecular weight is 425 g/mol. The summed E-state index contributed by atoms with van der Waals surface area (Å²) in [4.78, 5) is 7.83. The van der Waals surface area contributed by atoms with Gasteiger partial charge < -0.3 is 23.8 Å². The molecular weight excluding hydrogens is 392 g/mol. The topological polar surface area (TPSA) is 66.3 Å². The molecule has 1 saturated heterocycles. The fraction of sp³-hybridized carbons (Fsp3) is 0.417. The number of ether oxygens (including phenoxy) is 2. The average Bonchev–Trinajstić information content (AvgIpc) is 3.30. The Bertz CT molecular complexity index is 952. The van der Waals surface area contributed by atoms with E-state index in [0.717, 1.165) is 48.9 Å². The van der Waals surface area contributed by atoms with Crippen molar-refractivity contribution in [3.63, 3.8) is 0 Å². The van der Waals surface area contributed by atoms with Gasteiger partial charge in [0.2, 0.25) is 11.7 Å². The predicted octanol–water partition coefficient (Wildman–Crippen LogP) is 0.670. The number of nitrogens with one attached hydrogen (secondary N) is 2. The third kappa shape index (κ3) is 5.62. The standard InChI is InChI=1S/C24H30N4O3/c1-29-21-11-10-19(17-22(21)30-2)18-28-15-13-27(14-16-28)12-6-9-23-25-24(26-31-23)20-7-4-3-5-8-20/h3-5,7-8,10-11,17H,6,9,12-16,18H2,1-2H3/p+2. The molecule has 4 rings (SSSR count). The summed E-state index contributed by atoms with van der Waals surface area (Å²) in [5.74, 6) is 3.00. The number of aromatic nitrogens is 2. The first kappa shape index (κ1) is 21.3. The molecular formula is C24H32N4O3+2. The van der Waals surface area contributed by atoms with E-state index in [9.17, 15) is 0 Å². The first-order chi connectivity index (χ1) is 15.2. The van der Waals surface area contributed by atoms with Crippen molar-refractivity contribution in [2.75, 3.05) is 46.9 Å². The predicted molar refractivity (Wildman–Crippen MR) is 118 cm³/mol. The molecule has 0 spiro atoms. The lowest BCUT2D eigenvalue weighted by atomic mass is 10.1. The van der Waals surface area contributed by atoms with Crippen molar-refractivity contribution < 1.29 is 23.8 Å². The molecule has 0 saturated carbocycles. The highest BCUT2D eigenvalue weighted by atomic mass is 16.5. The van der Waals surface area contributed by atoms with E-state index >= 15 is 0 Å². The SMILES string of the molecule is COc1ccc(C[NH+]2CC[NH+](CCCc3nc(-c4ccccc4)no3)CC2)cc1OC. The van der Waals surface area contributed by atoms with Gasteiger partial charge in [0.25, 0.3) is 0 Å². The van der Waals surface area contributed by atoms with Crippen LogP contribution in [0.2, 0.25) is 0 Å². The van der Waals surface area contributed by atoms with E-state index in [0.29, 0.717) is 5.82 Å². The van der Waals surface area contributed by atoms with Crippen molar-refractivity contribution in [1.82, 2.24) is 10.1 Å². The van der Waals surface area contributed by atoms with Crippen LogP contribution >= 0.6 is 0 Å². The summed E-state index contributed by atoms with van der Waals surface area (Å²) in [5, 5.41) is 4.11. The summed E-state index contributed by atoms with van der Waals surface area (Å²) < 4.78 is 16.2. The van der Waals surface area contributed by atoms with Crippen LogP contribution in [0.5, 0.6) is 11.5 Å². The van der Waals surface area contributed by atoms with Gasteiger partial charge in [0.15, 0.2) is 11.5 Å². The van der Waals surface area contributed by atoms with Gasteiger partial charge in [-0.05, 0) is 18.2 Å². The molecule has 0 aliphatic carbocycles. The van der Waals surface area contributed by atoms with E-state index in [2.05, 4.69) is 22.3 Å². The maximum absolute atomic E-state index is 5.43. The molecule has 1 aromatic heterocycles. The molecule has 0 unspecified atom stereocenters. The van der Waals surface area contributed by atoms with E-state index in [4.69, 9.17) is 14.0 Å². The molecule has 0 amide bonds. The lowest BCUT2D eigenvalue weighted by Gasteiger charge is -2.29. The van der Waals surface area contributed by atoms with Gasteiger partial charge in [0.1, 0.15) is 32.7 Å². The maximum Gasteiger partial charge on any atom is 0.227 e. The number of aryl methyl sites for hydroxylation is 1. The fourth-order valence-corrected chi connectivity index (χ4v) is 4.21. The molecule has 1 aliphatic heterocycles. The monoisotopic (exact) mass is 424 g/mol. The molecule has 0 radical (unpaired) electrons. The van der Waals surface area contributed by atoms with Crippen molar-refractivity contribution in [2.24, 2.45) is 0 Å². The molecule has 164 valence electrons. The minimum atomic E-state index is 0.676. The van der Waals surface area contributed by atoms with Gasteiger partial charge in [-0.25, -0.2) is 0 Å². The number of nitrogens with zero attached hydrogens (tertiary/aromatic N) is 2. The van der Waals surface area contributed by atoms with Gasteiger partial charge in [0.05, 0.1) is 20.8 Å². The number of piperazine rings is 1. The lowest BCUT2D eigenvalue weighted by molar-refractivity contribution is -1.02. The summed E-state index contributed by atoms with van der Waals surface area (Å²) >= 11 is 0. The number of rotatable bonds is 9. The van der Waals surface area contributed by atoms with Crippen molar-refractivity contribution in [1.29, 1.82) is 0 Å². The van der Waals surface area contributed by atoms with Crippen LogP contribution in [0.15, 0.2) is 53.1 Å². The number of benzene rings is 2. The zero-order chi connectivity index (χ0) is 21.5. The quantitative estimate of drug-likeness (QED) is 0.529. The Morgan fingerprint density at radius 1 is 0.903 bits per heavy atom. The Balaban J connectivity index is 1.19. The van der Waals surface area contributed by atoms with Gasteiger partial charge in [-0.2, -0.15) is 4.98 Å². The number of hydrogen-bond acceptors (Lipinski definition) is 5. The highest BCUT2D eigenvalue weighted by Crippen LogP contribution is 2.27. The molecule has 2 N–H and O–H groups in total. The van der Waals surface area contributed by atoms with E-state index in [1.54, 1.807) is 24.0 Å². The minimum absolute atomic E-state index is 0.676. The molecule has 7 nitrogen and oxygen atoms in total. The minimum Gasteiger partial charge on any atom is -0.493 e. The van der Waals surface area contributed by atoms with Crippen LogP contribution in [0.25, 0.3) is 11.4 Å². The third-order valence-corrected chi connectivity index (χ3v) is 5.99. The molecule has 2 aromatic carbocycles. The van der Waals surface area contributed by atoms with Gasteiger partial charge in [-0.15, -0.1) is 0 Å². The van der Waals surface area contributed by atoms with E-state index in [-0.39, 0.29) is 0 Å². The van der Waals surface area contributed by atoms with Gasteiger partial charge in [-0.3, -0.25) is 0 Å². The first-order valence-corrected chi connectivity index (χ1v) is 11.0. The van der Waals surface area contributed by atoms with Crippen molar-refractivity contribution in [3.05, 3.63) is 60.0 Å². The van der Waals surface area contributed by atoms with Crippen LogP contribution < -0.4 is 19.3 Å².